The van der Waals surface area contributed by atoms with Crippen LogP contribution in [-0.4, -0.2) is 41.4 Å². The average molecular weight is 297 g/mol. The van der Waals surface area contributed by atoms with Gasteiger partial charge in [0.05, 0.1) is 6.42 Å². The minimum Gasteiger partial charge on any atom is -0.481 e. The molecular formula is C12H18F3NO4. The molecule has 8 heteroatoms. The van der Waals surface area contributed by atoms with Crippen LogP contribution in [0.4, 0.5) is 13.2 Å². The molecule has 5 nitrogen and oxygen atoms in total. The minimum atomic E-state index is -5.08. The number of hydrogen-bond acceptors (Lipinski definition) is 3. The molecule has 20 heavy (non-hydrogen) atoms. The van der Waals surface area contributed by atoms with E-state index < -0.39 is 18.1 Å². The highest BCUT2D eigenvalue weighted by atomic mass is 19.4. The normalized spacial score (nSPS) is 29.1. The van der Waals surface area contributed by atoms with Crippen molar-refractivity contribution < 1.29 is 33.0 Å². The summed E-state index contributed by atoms with van der Waals surface area (Å²) in [6.45, 7) is 1.96. The number of alkyl halides is 3. The summed E-state index contributed by atoms with van der Waals surface area (Å²) in [5, 5.41) is 19.4. The second kappa shape index (κ2) is 6.43. The predicted molar refractivity (Wildman–Crippen MR) is 63.2 cm³/mol. The third-order valence-corrected chi connectivity index (χ3v) is 3.96. The van der Waals surface area contributed by atoms with Crippen LogP contribution in [0.1, 0.15) is 32.1 Å². The van der Waals surface area contributed by atoms with Gasteiger partial charge in [-0.15, -0.1) is 0 Å². The maximum atomic E-state index is 10.8. The van der Waals surface area contributed by atoms with Gasteiger partial charge in [-0.3, -0.25) is 4.79 Å². The second-order valence-electron chi connectivity index (χ2n) is 5.31. The lowest BCUT2D eigenvalue weighted by Crippen LogP contribution is -2.35. The van der Waals surface area contributed by atoms with E-state index in [1.165, 1.54) is 19.3 Å². The fourth-order valence-corrected chi connectivity index (χ4v) is 3.02. The Bertz CT molecular complexity index is 372. The van der Waals surface area contributed by atoms with Crippen LogP contribution in [0.2, 0.25) is 0 Å². The molecule has 0 bridgehead atoms. The Morgan fingerprint density at radius 2 is 1.85 bits per heavy atom. The number of rotatable bonds is 2. The van der Waals surface area contributed by atoms with Crippen molar-refractivity contribution in [1.29, 1.82) is 0 Å². The molecule has 116 valence electrons. The molecule has 2 fully saturated rings. The highest BCUT2D eigenvalue weighted by Crippen LogP contribution is 2.46. The van der Waals surface area contributed by atoms with Crippen LogP contribution in [0.15, 0.2) is 0 Å². The molecule has 0 amide bonds. The molecule has 1 aliphatic carbocycles. The van der Waals surface area contributed by atoms with Crippen molar-refractivity contribution in [3.63, 3.8) is 0 Å². The molecule has 2 aliphatic rings. The number of carboxylic acid groups (broad SMARTS) is 2. The first-order valence-electron chi connectivity index (χ1n) is 6.40. The molecule has 2 rings (SSSR count). The Balaban J connectivity index is 0.000000246. The summed E-state index contributed by atoms with van der Waals surface area (Å²) < 4.78 is 31.7. The Morgan fingerprint density at radius 1 is 1.25 bits per heavy atom. The van der Waals surface area contributed by atoms with Crippen LogP contribution in [0.5, 0.6) is 0 Å². The number of aliphatic carboxylic acids is 2. The number of carboxylic acids is 2. The Morgan fingerprint density at radius 3 is 2.35 bits per heavy atom. The minimum absolute atomic E-state index is 0.101. The topological polar surface area (TPSA) is 86.6 Å². The zero-order valence-electron chi connectivity index (χ0n) is 10.9. The van der Waals surface area contributed by atoms with E-state index in [0.717, 1.165) is 19.5 Å². The monoisotopic (exact) mass is 297 g/mol. The van der Waals surface area contributed by atoms with Crippen LogP contribution >= 0.6 is 0 Å². The van der Waals surface area contributed by atoms with Crippen molar-refractivity contribution in [2.45, 2.75) is 38.3 Å². The predicted octanol–water partition coefficient (Wildman–Crippen LogP) is 1.87. The molecule has 1 aliphatic heterocycles. The number of hydrogen-bond donors (Lipinski definition) is 3. The van der Waals surface area contributed by atoms with Crippen LogP contribution < -0.4 is 5.32 Å². The molecule has 2 atom stereocenters. The summed E-state index contributed by atoms with van der Waals surface area (Å²) in [6, 6.07) is 0. The van der Waals surface area contributed by atoms with E-state index in [1.54, 1.807) is 0 Å². The van der Waals surface area contributed by atoms with Crippen LogP contribution in [0.25, 0.3) is 0 Å². The van der Waals surface area contributed by atoms with Crippen molar-refractivity contribution in [2.75, 3.05) is 13.1 Å². The van der Waals surface area contributed by atoms with E-state index >= 15 is 0 Å². The second-order valence-corrected chi connectivity index (χ2v) is 5.31. The fourth-order valence-electron chi connectivity index (χ4n) is 3.02. The van der Waals surface area contributed by atoms with Crippen LogP contribution in [-0.2, 0) is 9.59 Å². The molecule has 0 aromatic carbocycles. The van der Waals surface area contributed by atoms with Gasteiger partial charge in [-0.05, 0) is 30.7 Å². The highest BCUT2D eigenvalue weighted by Gasteiger charge is 2.45. The van der Waals surface area contributed by atoms with Crippen molar-refractivity contribution >= 4 is 11.9 Å². The lowest BCUT2D eigenvalue weighted by Gasteiger charge is -2.37. The van der Waals surface area contributed by atoms with Gasteiger partial charge >= 0.3 is 18.1 Å². The van der Waals surface area contributed by atoms with Gasteiger partial charge in [0.2, 0.25) is 0 Å². The highest BCUT2D eigenvalue weighted by molar-refractivity contribution is 5.73. The van der Waals surface area contributed by atoms with E-state index in [2.05, 4.69) is 5.32 Å². The molecule has 2 unspecified atom stereocenters. The van der Waals surface area contributed by atoms with Gasteiger partial charge in [-0.25, -0.2) is 4.79 Å². The standard InChI is InChI=1S/C10H17NO2.C2HF3O2/c12-9(13)5-10-4-2-1-3-8(10)6-11-7-10;3-2(4,5)1(6)7/h8,11H,1-7H2,(H,12,13);(H,6,7). The molecular weight excluding hydrogens is 279 g/mol. The summed E-state index contributed by atoms with van der Waals surface area (Å²) in [5.74, 6) is -2.76. The van der Waals surface area contributed by atoms with Gasteiger partial charge in [-0.1, -0.05) is 12.8 Å². The molecule has 3 N–H and O–H groups in total. The smallest absolute Gasteiger partial charge is 0.481 e. The fraction of sp³-hybridized carbons (Fsp3) is 0.833. The van der Waals surface area contributed by atoms with Gasteiger partial charge in [0.15, 0.2) is 0 Å². The molecule has 1 saturated heterocycles. The number of fused-ring (bicyclic) bond motifs is 1. The van der Waals surface area contributed by atoms with Gasteiger partial charge in [0.25, 0.3) is 0 Å². The summed E-state index contributed by atoms with van der Waals surface area (Å²) in [4.78, 5) is 19.7. The molecule has 0 radical (unpaired) electrons. The van der Waals surface area contributed by atoms with E-state index in [4.69, 9.17) is 15.0 Å². The summed E-state index contributed by atoms with van der Waals surface area (Å²) in [7, 11) is 0. The van der Waals surface area contributed by atoms with Crippen LogP contribution in [0, 0.1) is 11.3 Å². The third kappa shape index (κ3) is 4.36. The van der Waals surface area contributed by atoms with E-state index in [-0.39, 0.29) is 5.41 Å². The molecule has 0 spiro atoms. The number of halogens is 3. The van der Waals surface area contributed by atoms with Gasteiger partial charge in [-0.2, -0.15) is 13.2 Å². The first-order valence-corrected chi connectivity index (χ1v) is 6.40. The lowest BCUT2D eigenvalue weighted by molar-refractivity contribution is -0.192. The largest absolute Gasteiger partial charge is 0.490 e. The molecule has 1 heterocycles. The van der Waals surface area contributed by atoms with Crippen molar-refractivity contribution in [1.82, 2.24) is 5.32 Å². The van der Waals surface area contributed by atoms with Crippen molar-refractivity contribution in [2.24, 2.45) is 11.3 Å². The van der Waals surface area contributed by atoms with Gasteiger partial charge in [0, 0.05) is 6.54 Å². The number of nitrogens with one attached hydrogen (secondary N) is 1. The Kier molecular flexibility index (Phi) is 5.38. The maximum absolute atomic E-state index is 10.8. The van der Waals surface area contributed by atoms with E-state index in [1.807, 2.05) is 0 Å². The Hall–Kier alpha value is -1.31. The van der Waals surface area contributed by atoms with Crippen LogP contribution in [0.3, 0.4) is 0 Å². The lowest BCUT2D eigenvalue weighted by atomic mass is 9.66. The summed E-state index contributed by atoms with van der Waals surface area (Å²) in [5.41, 5.74) is 0.101. The zero-order chi connectivity index (χ0) is 15.4. The van der Waals surface area contributed by atoms with E-state index in [0.29, 0.717) is 12.3 Å². The maximum Gasteiger partial charge on any atom is 0.490 e. The van der Waals surface area contributed by atoms with Gasteiger partial charge < -0.3 is 15.5 Å². The van der Waals surface area contributed by atoms with E-state index in [9.17, 15) is 18.0 Å². The first-order chi connectivity index (χ1) is 9.17. The molecule has 0 aromatic heterocycles. The Labute approximate surface area is 114 Å². The van der Waals surface area contributed by atoms with Crippen molar-refractivity contribution in [3.05, 3.63) is 0 Å². The third-order valence-electron chi connectivity index (χ3n) is 3.96. The number of carbonyl (C=O) groups is 2. The van der Waals surface area contributed by atoms with Gasteiger partial charge in [0.1, 0.15) is 0 Å². The molecule has 0 aromatic rings. The average Bonchev–Trinajstić information content (AvgIpc) is 2.70. The molecule has 1 saturated carbocycles. The van der Waals surface area contributed by atoms with Crippen molar-refractivity contribution in [3.8, 4) is 0 Å². The summed E-state index contributed by atoms with van der Waals surface area (Å²) in [6.07, 6.45) is 0.112. The quantitative estimate of drug-likeness (QED) is 0.724. The summed E-state index contributed by atoms with van der Waals surface area (Å²) >= 11 is 0. The first kappa shape index (κ1) is 16.7. The zero-order valence-corrected chi connectivity index (χ0v) is 10.9. The SMILES string of the molecule is O=C(O)C(F)(F)F.O=C(O)CC12CCCCC1CNC2.